The van der Waals surface area contributed by atoms with Crippen molar-refractivity contribution in [3.8, 4) is 5.75 Å². The molecule has 4 aromatic carbocycles. The van der Waals surface area contributed by atoms with E-state index in [9.17, 15) is 19.5 Å². The van der Waals surface area contributed by atoms with Gasteiger partial charge in [0, 0.05) is 52.6 Å². The highest BCUT2D eigenvalue weighted by atomic mass is 35.5. The molecule has 7 rings (SSSR count). The summed E-state index contributed by atoms with van der Waals surface area (Å²) in [4.78, 5) is 44.8. The maximum Gasteiger partial charge on any atom is 0.412 e. The number of phenolic OH excluding ortho intramolecular Hbond substituents is 1. The van der Waals surface area contributed by atoms with Gasteiger partial charge in [0.15, 0.2) is 11.3 Å². The predicted molar refractivity (Wildman–Crippen MR) is 179 cm³/mol. The molecule has 1 aliphatic rings. The van der Waals surface area contributed by atoms with Crippen molar-refractivity contribution in [2.24, 2.45) is 0 Å². The van der Waals surface area contributed by atoms with Gasteiger partial charge in [-0.3, -0.25) is 14.9 Å². The maximum absolute atomic E-state index is 13.8. The molecule has 0 fully saturated rings. The van der Waals surface area contributed by atoms with Crippen molar-refractivity contribution < 1.29 is 33.1 Å². The quantitative estimate of drug-likeness (QED) is 0.159. The van der Waals surface area contributed by atoms with Crippen molar-refractivity contribution in [2.75, 3.05) is 28.0 Å². The van der Waals surface area contributed by atoms with E-state index in [0.717, 1.165) is 10.9 Å². The predicted octanol–water partition coefficient (Wildman–Crippen LogP) is 8.01. The zero-order chi connectivity index (χ0) is 33.0. The lowest BCUT2D eigenvalue weighted by Crippen LogP contribution is -2.29. The summed E-state index contributed by atoms with van der Waals surface area (Å²) in [5.74, 6) is -0.765. The fourth-order valence-corrected chi connectivity index (χ4v) is 6.06. The van der Waals surface area contributed by atoms with E-state index in [1.165, 1.54) is 0 Å². The number of fused-ring (bicyclic) bond motifs is 5. The fraction of sp³-hybridized carbons (Fsp3) is 0.200. The Hall–Kier alpha value is -5.55. The molecule has 2 aromatic heterocycles. The van der Waals surface area contributed by atoms with E-state index >= 15 is 0 Å². The van der Waals surface area contributed by atoms with Crippen molar-refractivity contribution in [3.63, 3.8) is 0 Å². The van der Waals surface area contributed by atoms with Crippen LogP contribution in [0, 0.1) is 0 Å². The number of rotatable bonds is 5. The van der Waals surface area contributed by atoms with Gasteiger partial charge in [0.25, 0.3) is 11.8 Å². The molecule has 3 heterocycles. The lowest BCUT2D eigenvalue weighted by atomic mass is 9.95. The summed E-state index contributed by atoms with van der Waals surface area (Å²) in [5.41, 5.74) is 2.89. The minimum Gasteiger partial charge on any atom is -0.507 e. The van der Waals surface area contributed by atoms with Crippen molar-refractivity contribution in [3.05, 3.63) is 90.0 Å². The molecule has 0 bridgehead atoms. The lowest BCUT2D eigenvalue weighted by Gasteiger charge is -2.19. The Balaban J connectivity index is 1.10. The monoisotopic (exact) mass is 652 g/mol. The molecule has 3 N–H and O–H groups in total. The highest BCUT2D eigenvalue weighted by molar-refractivity contribution is 6.19. The van der Waals surface area contributed by atoms with Crippen LogP contribution in [-0.2, 0) is 4.74 Å². The smallest absolute Gasteiger partial charge is 0.412 e. The zero-order valence-electron chi connectivity index (χ0n) is 25.6. The molecule has 1 atom stereocenters. The second-order valence-corrected chi connectivity index (χ2v) is 12.6. The Labute approximate surface area is 273 Å². The first kappa shape index (κ1) is 30.1. The third kappa shape index (κ3) is 5.70. The van der Waals surface area contributed by atoms with Crippen LogP contribution in [-0.4, -0.2) is 46.0 Å². The lowest BCUT2D eigenvalue weighted by molar-refractivity contribution is 0.0635. The third-order valence-electron chi connectivity index (χ3n) is 7.79. The van der Waals surface area contributed by atoms with Crippen LogP contribution in [0.1, 0.15) is 53.5 Å². The number of furan rings is 1. The second-order valence-electron chi connectivity index (χ2n) is 12.3. The number of carbonyl (C=O) groups excluding carboxylic acids is 3. The van der Waals surface area contributed by atoms with Crippen LogP contribution in [0.5, 0.6) is 5.75 Å². The maximum atomic E-state index is 13.8. The summed E-state index contributed by atoms with van der Waals surface area (Å²) in [6.07, 6.45) is -0.619. The van der Waals surface area contributed by atoms with Gasteiger partial charge in [-0.25, -0.2) is 9.78 Å². The molecule has 0 radical (unpaired) electrons. The van der Waals surface area contributed by atoms with E-state index in [2.05, 4.69) is 15.6 Å². The van der Waals surface area contributed by atoms with Gasteiger partial charge in [-0.15, -0.1) is 11.6 Å². The van der Waals surface area contributed by atoms with Crippen molar-refractivity contribution in [1.29, 1.82) is 0 Å². The molecule has 6 aromatic rings. The van der Waals surface area contributed by atoms with Gasteiger partial charge in [-0.1, -0.05) is 24.3 Å². The number of nitrogens with one attached hydrogen (secondary N) is 2. The van der Waals surface area contributed by atoms with Crippen LogP contribution in [0.4, 0.5) is 21.9 Å². The van der Waals surface area contributed by atoms with Gasteiger partial charge in [0.2, 0.25) is 0 Å². The number of ether oxygens (including phenoxy) is 1. The molecular formula is C35H29ClN4O7. The normalized spacial score (nSPS) is 14.5. The number of nitrogens with zero attached hydrogens (tertiary/aromatic N) is 2. The molecular weight excluding hydrogens is 624 g/mol. The Morgan fingerprint density at radius 3 is 2.47 bits per heavy atom. The standard InChI is InChI=1S/C35H29ClN4O7/c1-35(2,3)47-34(44)38-21-8-10-24-28(14-21)46-32(39-24)31(42)37-20-9-11-27-18(12-20)13-29(45-27)33(43)40-17-19(16-36)30-23-7-5-4-6-22(23)26(41)15-25(30)40/h4-15,19,41H,16-17H2,1-3H3,(H,37,42)(H,38,44)/t19-/m1/s1. The van der Waals surface area contributed by atoms with E-state index < -0.39 is 17.6 Å². The SMILES string of the molecule is CC(C)(C)OC(=O)Nc1ccc2nc(C(=O)Nc3ccc4oc(C(=O)N5C[C@@H](CCl)c6c5cc(O)c5ccccc65)cc4c3)oc2c1. The fourth-order valence-electron chi connectivity index (χ4n) is 5.81. The number of hydrogen-bond donors (Lipinski definition) is 3. The van der Waals surface area contributed by atoms with Gasteiger partial charge < -0.3 is 28.9 Å². The summed E-state index contributed by atoms with van der Waals surface area (Å²) in [6, 6.07) is 20.5. The average molecular weight is 653 g/mol. The molecule has 11 nitrogen and oxygen atoms in total. The number of carbonyl (C=O) groups is 3. The third-order valence-corrected chi connectivity index (χ3v) is 8.16. The number of amides is 3. The van der Waals surface area contributed by atoms with E-state index in [1.807, 2.05) is 24.3 Å². The minimum absolute atomic E-state index is 0.0780. The van der Waals surface area contributed by atoms with Crippen LogP contribution in [0.15, 0.2) is 81.6 Å². The summed E-state index contributed by atoms with van der Waals surface area (Å²) < 4.78 is 16.9. The average Bonchev–Trinajstić information content (AvgIpc) is 3.74. The summed E-state index contributed by atoms with van der Waals surface area (Å²) in [6.45, 7) is 5.63. The van der Waals surface area contributed by atoms with Crippen molar-refractivity contribution in [1.82, 2.24) is 4.98 Å². The van der Waals surface area contributed by atoms with Crippen LogP contribution in [0.3, 0.4) is 0 Å². The highest BCUT2D eigenvalue weighted by Gasteiger charge is 2.36. The van der Waals surface area contributed by atoms with Crippen LogP contribution >= 0.6 is 11.6 Å². The molecule has 238 valence electrons. The highest BCUT2D eigenvalue weighted by Crippen LogP contribution is 2.45. The van der Waals surface area contributed by atoms with Crippen LogP contribution in [0.25, 0.3) is 32.8 Å². The second kappa shape index (κ2) is 11.4. The van der Waals surface area contributed by atoms with Gasteiger partial charge in [-0.05, 0) is 68.1 Å². The van der Waals surface area contributed by atoms with Gasteiger partial charge in [-0.2, -0.15) is 0 Å². The number of alkyl halides is 1. The Bertz CT molecular complexity index is 2230. The van der Waals surface area contributed by atoms with E-state index in [4.69, 9.17) is 25.2 Å². The van der Waals surface area contributed by atoms with E-state index in [-0.39, 0.29) is 29.2 Å². The largest absolute Gasteiger partial charge is 0.507 e. The molecule has 12 heteroatoms. The molecule has 0 aliphatic carbocycles. The van der Waals surface area contributed by atoms with E-state index in [1.54, 1.807) is 74.2 Å². The van der Waals surface area contributed by atoms with Crippen molar-refractivity contribution >= 4 is 79.4 Å². The zero-order valence-corrected chi connectivity index (χ0v) is 26.3. The van der Waals surface area contributed by atoms with Crippen LogP contribution < -0.4 is 15.5 Å². The molecule has 3 amide bonds. The molecule has 1 aliphatic heterocycles. The summed E-state index contributed by atoms with van der Waals surface area (Å²) >= 11 is 6.34. The van der Waals surface area contributed by atoms with Gasteiger partial charge in [0.1, 0.15) is 22.5 Å². The molecule has 0 unspecified atom stereocenters. The number of phenols is 1. The molecule has 0 saturated heterocycles. The van der Waals surface area contributed by atoms with Crippen molar-refractivity contribution in [2.45, 2.75) is 32.3 Å². The number of aromatic hydroxyl groups is 1. The number of hydrogen-bond acceptors (Lipinski definition) is 8. The molecule has 0 saturated carbocycles. The number of aromatic nitrogens is 1. The number of halogens is 1. The summed E-state index contributed by atoms with van der Waals surface area (Å²) in [7, 11) is 0. The first-order valence-corrected chi connectivity index (χ1v) is 15.4. The summed E-state index contributed by atoms with van der Waals surface area (Å²) in [5, 5.41) is 18.3. The van der Waals surface area contributed by atoms with E-state index in [0.29, 0.717) is 56.9 Å². The first-order valence-electron chi connectivity index (χ1n) is 14.9. The topological polar surface area (TPSA) is 147 Å². The molecule has 0 spiro atoms. The first-order chi connectivity index (χ1) is 22.5. The van der Waals surface area contributed by atoms with Gasteiger partial charge >= 0.3 is 12.0 Å². The minimum atomic E-state index is -0.656. The van der Waals surface area contributed by atoms with Crippen LogP contribution in [0.2, 0.25) is 0 Å². The Morgan fingerprint density at radius 2 is 1.70 bits per heavy atom. The number of anilines is 3. The molecule has 47 heavy (non-hydrogen) atoms. The number of oxazole rings is 1. The Kier molecular flexibility index (Phi) is 7.28. The Morgan fingerprint density at radius 1 is 0.957 bits per heavy atom. The number of benzene rings is 4. The van der Waals surface area contributed by atoms with Gasteiger partial charge in [0.05, 0.1) is 5.69 Å².